The first-order valence-corrected chi connectivity index (χ1v) is 9.26. The zero-order chi connectivity index (χ0) is 19.2. The molecule has 0 spiro atoms. The fourth-order valence-corrected chi connectivity index (χ4v) is 3.20. The summed E-state index contributed by atoms with van der Waals surface area (Å²) >= 11 is 5.99. The maximum Gasteiger partial charge on any atom is 0.272 e. The van der Waals surface area contributed by atoms with Crippen LogP contribution in [0.4, 0.5) is 5.82 Å². The molecule has 0 bridgehead atoms. The van der Waals surface area contributed by atoms with Gasteiger partial charge in [0.05, 0.1) is 0 Å². The molecule has 1 aliphatic rings. The Morgan fingerprint density at radius 2 is 1.85 bits per heavy atom. The highest BCUT2D eigenvalue weighted by atomic mass is 35.5. The molecule has 0 aliphatic carbocycles. The predicted octanol–water partition coefficient (Wildman–Crippen LogP) is 2.09. The highest BCUT2D eigenvalue weighted by Gasteiger charge is 2.24. The first-order valence-electron chi connectivity index (χ1n) is 8.88. The third-order valence-electron chi connectivity index (χ3n) is 4.51. The van der Waals surface area contributed by atoms with E-state index in [0.717, 1.165) is 12.0 Å². The lowest BCUT2D eigenvalue weighted by Gasteiger charge is -2.34. The zero-order valence-electron chi connectivity index (χ0n) is 15.2. The minimum absolute atomic E-state index is 0.0373. The second-order valence-electron chi connectivity index (χ2n) is 6.39. The number of amides is 2. The summed E-state index contributed by atoms with van der Waals surface area (Å²) in [5, 5.41) is 3.93. The van der Waals surface area contributed by atoms with E-state index in [9.17, 15) is 9.59 Å². The van der Waals surface area contributed by atoms with Crippen molar-refractivity contribution in [3.63, 3.8) is 0 Å². The summed E-state index contributed by atoms with van der Waals surface area (Å²) in [6.07, 6.45) is 2.18. The number of nitrogens with zero attached hydrogens (tertiary/aromatic N) is 4. The Morgan fingerprint density at radius 3 is 2.56 bits per heavy atom. The van der Waals surface area contributed by atoms with Crippen molar-refractivity contribution in [1.82, 2.24) is 19.8 Å². The Balaban J connectivity index is 1.55. The van der Waals surface area contributed by atoms with E-state index in [1.165, 1.54) is 6.33 Å². The summed E-state index contributed by atoms with van der Waals surface area (Å²) in [6.45, 7) is 4.35. The minimum atomic E-state index is -0.140. The summed E-state index contributed by atoms with van der Waals surface area (Å²) in [4.78, 5) is 35.8. The van der Waals surface area contributed by atoms with Crippen molar-refractivity contribution in [1.29, 1.82) is 0 Å². The molecule has 1 saturated heterocycles. The van der Waals surface area contributed by atoms with Gasteiger partial charge in [0.2, 0.25) is 5.91 Å². The molecule has 2 amide bonds. The lowest BCUT2D eigenvalue weighted by molar-refractivity contribution is -0.130. The number of anilines is 1. The van der Waals surface area contributed by atoms with Crippen molar-refractivity contribution in [3.05, 3.63) is 52.9 Å². The number of halogens is 1. The van der Waals surface area contributed by atoms with Crippen LogP contribution in [0.1, 0.15) is 23.0 Å². The molecule has 1 aliphatic heterocycles. The van der Waals surface area contributed by atoms with Crippen molar-refractivity contribution in [3.8, 4) is 0 Å². The zero-order valence-corrected chi connectivity index (χ0v) is 15.9. The lowest BCUT2D eigenvalue weighted by Crippen LogP contribution is -2.50. The van der Waals surface area contributed by atoms with Gasteiger partial charge in [0.25, 0.3) is 5.91 Å². The van der Waals surface area contributed by atoms with Gasteiger partial charge in [-0.15, -0.1) is 0 Å². The Morgan fingerprint density at radius 1 is 1.11 bits per heavy atom. The summed E-state index contributed by atoms with van der Waals surface area (Å²) < 4.78 is 0. The van der Waals surface area contributed by atoms with Crippen LogP contribution in [0.3, 0.4) is 0 Å². The predicted molar refractivity (Wildman–Crippen MR) is 104 cm³/mol. The normalized spacial score (nSPS) is 14.1. The summed E-state index contributed by atoms with van der Waals surface area (Å²) in [7, 11) is 0. The molecule has 2 heterocycles. The van der Waals surface area contributed by atoms with Crippen molar-refractivity contribution in [2.24, 2.45) is 0 Å². The molecule has 1 aromatic heterocycles. The molecule has 1 fully saturated rings. The second kappa shape index (κ2) is 8.81. The van der Waals surface area contributed by atoms with E-state index in [0.29, 0.717) is 49.3 Å². The fourth-order valence-electron chi connectivity index (χ4n) is 2.98. The van der Waals surface area contributed by atoms with Gasteiger partial charge < -0.3 is 15.1 Å². The lowest BCUT2D eigenvalue weighted by atomic mass is 10.1. The van der Waals surface area contributed by atoms with Crippen molar-refractivity contribution in [2.45, 2.75) is 13.3 Å². The summed E-state index contributed by atoms with van der Waals surface area (Å²) in [6, 6.07) is 9.38. The fraction of sp³-hybridized carbons (Fsp3) is 0.368. The molecule has 7 nitrogen and oxygen atoms in total. The highest BCUT2D eigenvalue weighted by Crippen LogP contribution is 2.13. The first kappa shape index (κ1) is 19.1. The van der Waals surface area contributed by atoms with E-state index in [1.807, 2.05) is 24.3 Å². The van der Waals surface area contributed by atoms with Crippen LogP contribution in [0.25, 0.3) is 0 Å². The van der Waals surface area contributed by atoms with E-state index in [2.05, 4.69) is 15.3 Å². The molecule has 0 atom stereocenters. The maximum absolute atomic E-state index is 12.7. The monoisotopic (exact) mass is 387 g/mol. The Labute approximate surface area is 163 Å². The van der Waals surface area contributed by atoms with Crippen LogP contribution in [0, 0.1) is 0 Å². The van der Waals surface area contributed by atoms with Gasteiger partial charge in [-0.25, -0.2) is 9.97 Å². The van der Waals surface area contributed by atoms with Gasteiger partial charge in [0.15, 0.2) is 0 Å². The average molecular weight is 388 g/mol. The van der Waals surface area contributed by atoms with Gasteiger partial charge in [0.1, 0.15) is 17.8 Å². The molecule has 142 valence electrons. The highest BCUT2D eigenvalue weighted by molar-refractivity contribution is 6.30. The molecule has 1 aromatic carbocycles. The van der Waals surface area contributed by atoms with Crippen LogP contribution in [0.5, 0.6) is 0 Å². The quantitative estimate of drug-likeness (QED) is 0.849. The number of carbonyl (C=O) groups excluding carboxylic acids is 2. The van der Waals surface area contributed by atoms with Crippen molar-refractivity contribution < 1.29 is 9.59 Å². The van der Waals surface area contributed by atoms with Gasteiger partial charge in [-0.05, 0) is 24.1 Å². The molecular weight excluding hydrogens is 366 g/mol. The largest absolute Gasteiger partial charge is 0.370 e. The smallest absolute Gasteiger partial charge is 0.272 e. The van der Waals surface area contributed by atoms with Crippen molar-refractivity contribution >= 4 is 29.2 Å². The molecule has 3 rings (SSSR count). The van der Waals surface area contributed by atoms with Gasteiger partial charge in [0, 0.05) is 50.7 Å². The van der Waals surface area contributed by atoms with Crippen molar-refractivity contribution in [2.75, 3.05) is 38.0 Å². The molecule has 1 N–H and O–H groups in total. The third kappa shape index (κ3) is 5.17. The number of aromatic nitrogens is 2. The topological polar surface area (TPSA) is 78.4 Å². The second-order valence-corrected chi connectivity index (χ2v) is 6.83. The summed E-state index contributed by atoms with van der Waals surface area (Å²) in [5.74, 6) is 0.506. The van der Waals surface area contributed by atoms with E-state index in [4.69, 9.17) is 11.6 Å². The number of rotatable bonds is 5. The number of hydrogen-bond donors (Lipinski definition) is 1. The molecule has 0 saturated carbocycles. The molecule has 0 unspecified atom stereocenters. The van der Waals surface area contributed by atoms with E-state index in [1.54, 1.807) is 22.8 Å². The molecule has 0 radical (unpaired) electrons. The van der Waals surface area contributed by atoms with E-state index in [-0.39, 0.29) is 11.8 Å². The van der Waals surface area contributed by atoms with Gasteiger partial charge in [-0.2, -0.15) is 0 Å². The Hall–Kier alpha value is -2.67. The number of hydrogen-bond acceptors (Lipinski definition) is 5. The Bertz CT molecular complexity index is 821. The first-order chi connectivity index (χ1) is 13.0. The number of nitrogens with one attached hydrogen (secondary N) is 1. The number of carbonyl (C=O) groups is 2. The van der Waals surface area contributed by atoms with Crippen LogP contribution in [0.2, 0.25) is 5.02 Å². The standard InChI is InChI=1S/C19H22ClN5O2/c1-14(26)24-7-9-25(10-8-24)19(27)17-12-18(23-13-22-17)21-6-5-15-3-2-4-16(20)11-15/h2-4,11-13H,5-10H2,1H3,(H,21,22,23). The summed E-state index contributed by atoms with van der Waals surface area (Å²) in [5.41, 5.74) is 1.48. The van der Waals surface area contributed by atoms with Gasteiger partial charge >= 0.3 is 0 Å². The maximum atomic E-state index is 12.7. The molecule has 2 aromatic rings. The molecule has 8 heteroatoms. The number of benzene rings is 1. The van der Waals surface area contributed by atoms with E-state index >= 15 is 0 Å². The van der Waals surface area contributed by atoms with Gasteiger partial charge in [-0.1, -0.05) is 23.7 Å². The number of piperazine rings is 1. The van der Waals surface area contributed by atoms with Gasteiger partial charge in [-0.3, -0.25) is 9.59 Å². The third-order valence-corrected chi connectivity index (χ3v) is 4.74. The Kier molecular flexibility index (Phi) is 6.24. The molecular formula is C19H22ClN5O2. The van der Waals surface area contributed by atoms with Crippen LogP contribution in [0.15, 0.2) is 36.7 Å². The average Bonchev–Trinajstić information content (AvgIpc) is 2.68. The molecule has 27 heavy (non-hydrogen) atoms. The minimum Gasteiger partial charge on any atom is -0.370 e. The SMILES string of the molecule is CC(=O)N1CCN(C(=O)c2cc(NCCc3cccc(Cl)c3)ncn2)CC1. The van der Waals surface area contributed by atoms with Crippen LogP contribution < -0.4 is 5.32 Å². The van der Waals surface area contributed by atoms with E-state index < -0.39 is 0 Å². The van der Waals surface area contributed by atoms with Crippen LogP contribution in [-0.2, 0) is 11.2 Å². The van der Waals surface area contributed by atoms with Crippen LogP contribution >= 0.6 is 11.6 Å². The van der Waals surface area contributed by atoms with Crippen LogP contribution in [-0.4, -0.2) is 64.3 Å².